The molecule has 0 fully saturated rings. The Bertz CT molecular complexity index is 1310. The molecular weight excluding hydrogens is 458 g/mol. The van der Waals surface area contributed by atoms with E-state index in [1.807, 2.05) is 0 Å². The SMILES string of the molecule is CCCCC[C@H](C)Cn1c(SCc2cc(=O)n3[nH]cnc3n2)nnc1-c1ccc(C(C)(C)C)cc1. The molecule has 8 nitrogen and oxygen atoms in total. The largest absolute Gasteiger partial charge is 0.302 e. The van der Waals surface area contributed by atoms with Crippen molar-refractivity contribution in [3.8, 4) is 11.4 Å². The number of nitrogens with one attached hydrogen (secondary N) is 1. The van der Waals surface area contributed by atoms with E-state index in [1.54, 1.807) is 17.8 Å². The summed E-state index contributed by atoms with van der Waals surface area (Å²) in [6, 6.07) is 10.2. The number of unbranched alkanes of at least 4 members (excludes halogenated alkanes) is 2. The van der Waals surface area contributed by atoms with Gasteiger partial charge in [-0.1, -0.05) is 89.9 Å². The first kappa shape index (κ1) is 25.2. The quantitative estimate of drug-likeness (QED) is 0.232. The van der Waals surface area contributed by atoms with Crippen LogP contribution < -0.4 is 5.56 Å². The molecule has 35 heavy (non-hydrogen) atoms. The maximum absolute atomic E-state index is 12.3. The first-order valence-electron chi connectivity index (χ1n) is 12.3. The Morgan fingerprint density at radius 3 is 2.60 bits per heavy atom. The van der Waals surface area contributed by atoms with Crippen LogP contribution in [0.4, 0.5) is 0 Å². The Kier molecular flexibility index (Phi) is 7.74. The van der Waals surface area contributed by atoms with Crippen molar-refractivity contribution in [2.24, 2.45) is 5.92 Å². The van der Waals surface area contributed by atoms with Gasteiger partial charge in [0.2, 0.25) is 0 Å². The van der Waals surface area contributed by atoms with Gasteiger partial charge in [0.15, 0.2) is 11.0 Å². The van der Waals surface area contributed by atoms with E-state index in [9.17, 15) is 4.79 Å². The number of hydrogen-bond donors (Lipinski definition) is 1. The van der Waals surface area contributed by atoms with Gasteiger partial charge in [-0.2, -0.15) is 4.52 Å². The molecule has 0 aliphatic rings. The third-order valence-corrected chi connectivity index (χ3v) is 7.19. The molecular formula is C26H35N7OS. The minimum Gasteiger partial charge on any atom is -0.302 e. The van der Waals surface area contributed by atoms with Crippen LogP contribution in [-0.4, -0.2) is 34.3 Å². The molecule has 4 aromatic rings. The first-order valence-corrected chi connectivity index (χ1v) is 13.3. The number of rotatable bonds is 10. The van der Waals surface area contributed by atoms with Crippen molar-refractivity contribution in [1.29, 1.82) is 0 Å². The molecule has 1 atom stereocenters. The van der Waals surface area contributed by atoms with Crippen LogP contribution in [0, 0.1) is 5.92 Å². The molecule has 0 radical (unpaired) electrons. The van der Waals surface area contributed by atoms with Gasteiger partial charge >= 0.3 is 0 Å². The van der Waals surface area contributed by atoms with Gasteiger partial charge in [0.1, 0.15) is 6.33 Å². The number of benzene rings is 1. The number of nitrogens with zero attached hydrogens (tertiary/aromatic N) is 6. The second-order valence-electron chi connectivity index (χ2n) is 10.2. The highest BCUT2D eigenvalue weighted by Crippen LogP contribution is 2.30. The van der Waals surface area contributed by atoms with E-state index in [2.05, 4.69) is 88.7 Å². The van der Waals surface area contributed by atoms with Gasteiger partial charge < -0.3 is 4.57 Å². The lowest BCUT2D eigenvalue weighted by molar-refractivity contribution is 0.417. The summed E-state index contributed by atoms with van der Waals surface area (Å²) in [6.45, 7) is 12.0. The fourth-order valence-corrected chi connectivity index (χ4v) is 4.96. The Labute approximate surface area is 210 Å². The number of H-pyrrole nitrogens is 1. The number of thioether (sulfide) groups is 1. The average Bonchev–Trinajstić information content (AvgIpc) is 3.45. The zero-order valence-corrected chi connectivity index (χ0v) is 22.1. The van der Waals surface area contributed by atoms with Gasteiger partial charge in [0.25, 0.3) is 11.3 Å². The smallest absolute Gasteiger partial charge is 0.274 e. The molecule has 0 aliphatic heterocycles. The molecule has 186 valence electrons. The van der Waals surface area contributed by atoms with Crippen LogP contribution in [-0.2, 0) is 17.7 Å². The third kappa shape index (κ3) is 6.01. The fraction of sp³-hybridized carbons (Fsp3) is 0.500. The predicted molar refractivity (Wildman–Crippen MR) is 141 cm³/mol. The molecule has 1 aromatic carbocycles. The summed E-state index contributed by atoms with van der Waals surface area (Å²) in [5.41, 5.74) is 2.96. The molecule has 0 aliphatic carbocycles. The topological polar surface area (TPSA) is 93.8 Å². The van der Waals surface area contributed by atoms with Crippen molar-refractivity contribution >= 4 is 17.5 Å². The molecule has 0 saturated carbocycles. The van der Waals surface area contributed by atoms with E-state index in [4.69, 9.17) is 0 Å². The van der Waals surface area contributed by atoms with Crippen LogP contribution >= 0.6 is 11.8 Å². The maximum atomic E-state index is 12.3. The zero-order valence-electron chi connectivity index (χ0n) is 21.3. The van der Waals surface area contributed by atoms with Gasteiger partial charge in [-0.3, -0.25) is 9.89 Å². The number of fused-ring (bicyclic) bond motifs is 1. The summed E-state index contributed by atoms with van der Waals surface area (Å²) in [4.78, 5) is 20.9. The number of aromatic nitrogens is 7. The van der Waals surface area contributed by atoms with Gasteiger partial charge in [-0.05, 0) is 23.3 Å². The highest BCUT2D eigenvalue weighted by Gasteiger charge is 2.19. The molecule has 1 N–H and O–H groups in total. The normalized spacial score (nSPS) is 12.9. The monoisotopic (exact) mass is 493 g/mol. The number of aromatic amines is 1. The molecule has 3 aromatic heterocycles. The molecule has 0 amide bonds. The van der Waals surface area contributed by atoms with E-state index in [1.165, 1.54) is 42.1 Å². The lowest BCUT2D eigenvalue weighted by Crippen LogP contribution is -2.15. The fourth-order valence-electron chi connectivity index (χ4n) is 4.12. The van der Waals surface area contributed by atoms with Crippen molar-refractivity contribution in [3.05, 3.63) is 58.3 Å². The second kappa shape index (κ2) is 10.8. The molecule has 0 bridgehead atoms. The van der Waals surface area contributed by atoms with E-state index in [-0.39, 0.29) is 11.0 Å². The Morgan fingerprint density at radius 1 is 1.11 bits per heavy atom. The highest BCUT2D eigenvalue weighted by atomic mass is 32.2. The number of hydrogen-bond acceptors (Lipinski definition) is 6. The minimum atomic E-state index is -0.172. The first-order chi connectivity index (χ1) is 16.8. The summed E-state index contributed by atoms with van der Waals surface area (Å²) in [5, 5.41) is 12.7. The van der Waals surface area contributed by atoms with Crippen LogP contribution in [0.1, 0.15) is 71.6 Å². The van der Waals surface area contributed by atoms with Gasteiger partial charge in [0.05, 0.1) is 5.69 Å². The van der Waals surface area contributed by atoms with Crippen LogP contribution in [0.15, 0.2) is 46.6 Å². The Hall–Kier alpha value is -2.94. The summed E-state index contributed by atoms with van der Waals surface area (Å²) in [5.74, 6) is 2.28. The molecule has 0 unspecified atom stereocenters. The summed E-state index contributed by atoms with van der Waals surface area (Å²) >= 11 is 1.55. The van der Waals surface area contributed by atoms with E-state index in [0.717, 1.165) is 23.1 Å². The zero-order chi connectivity index (χ0) is 25.0. The lowest BCUT2D eigenvalue weighted by atomic mass is 9.86. The average molecular weight is 494 g/mol. The lowest BCUT2D eigenvalue weighted by Gasteiger charge is -2.19. The third-order valence-electron chi connectivity index (χ3n) is 6.19. The standard InChI is InChI=1S/C26H35N7OS/c1-6-7-8-9-18(2)15-32-23(19-10-12-20(13-11-19)26(3,4)5)30-31-25(32)35-16-21-14-22(34)33-24(29-21)27-17-28-33/h10-14,17-18H,6-9,15-16H2,1-5H3,(H,27,28,29)/t18-/m0/s1. The van der Waals surface area contributed by atoms with E-state index in [0.29, 0.717) is 23.1 Å². The Balaban J connectivity index is 1.60. The summed E-state index contributed by atoms with van der Waals surface area (Å²) in [7, 11) is 0. The molecule has 0 spiro atoms. The van der Waals surface area contributed by atoms with Gasteiger partial charge in [-0.15, -0.1) is 10.2 Å². The van der Waals surface area contributed by atoms with Crippen molar-refractivity contribution in [3.63, 3.8) is 0 Å². The van der Waals surface area contributed by atoms with Crippen molar-refractivity contribution in [1.82, 2.24) is 34.3 Å². The summed E-state index contributed by atoms with van der Waals surface area (Å²) < 4.78 is 3.56. The predicted octanol–water partition coefficient (Wildman–Crippen LogP) is 5.48. The molecule has 3 heterocycles. The van der Waals surface area contributed by atoms with Crippen molar-refractivity contribution in [2.45, 2.75) is 83.2 Å². The van der Waals surface area contributed by atoms with Crippen LogP contribution in [0.5, 0.6) is 0 Å². The molecule has 4 rings (SSSR count). The van der Waals surface area contributed by atoms with Crippen LogP contribution in [0.2, 0.25) is 0 Å². The van der Waals surface area contributed by atoms with Crippen molar-refractivity contribution < 1.29 is 0 Å². The van der Waals surface area contributed by atoms with Gasteiger partial charge in [0, 0.05) is 23.9 Å². The maximum Gasteiger partial charge on any atom is 0.274 e. The molecule has 0 saturated heterocycles. The second-order valence-corrected chi connectivity index (χ2v) is 11.2. The van der Waals surface area contributed by atoms with Gasteiger partial charge in [-0.25, -0.2) is 9.97 Å². The van der Waals surface area contributed by atoms with Crippen molar-refractivity contribution in [2.75, 3.05) is 0 Å². The van der Waals surface area contributed by atoms with Crippen LogP contribution in [0.3, 0.4) is 0 Å². The minimum absolute atomic E-state index is 0.0993. The Morgan fingerprint density at radius 2 is 1.89 bits per heavy atom. The van der Waals surface area contributed by atoms with E-state index < -0.39 is 0 Å². The van der Waals surface area contributed by atoms with Crippen LogP contribution in [0.25, 0.3) is 17.2 Å². The highest BCUT2D eigenvalue weighted by molar-refractivity contribution is 7.98. The summed E-state index contributed by atoms with van der Waals surface area (Å²) in [6.07, 6.45) is 6.35. The molecule has 9 heteroatoms. The van der Waals surface area contributed by atoms with E-state index >= 15 is 0 Å².